The van der Waals surface area contributed by atoms with Crippen LogP contribution in [0.15, 0.2) is 54.6 Å². The molecule has 0 spiro atoms. The Hall–Kier alpha value is -2.42. The second kappa shape index (κ2) is 13.6. The normalized spacial score (nSPS) is 12.5. The maximum absolute atomic E-state index is 10.7. The van der Waals surface area contributed by atoms with Gasteiger partial charge in [0.05, 0.1) is 29.9 Å². The summed E-state index contributed by atoms with van der Waals surface area (Å²) in [5.41, 5.74) is 2.72. The van der Waals surface area contributed by atoms with E-state index in [2.05, 4.69) is 18.7 Å². The highest BCUT2D eigenvalue weighted by Crippen LogP contribution is 2.36. The Morgan fingerprint density at radius 1 is 1.06 bits per heavy atom. The number of hydrogen-bond donors (Lipinski definition) is 1. The molecule has 0 amide bonds. The number of aliphatic hydroxyl groups is 1. The van der Waals surface area contributed by atoms with Gasteiger partial charge in [-0.1, -0.05) is 67.9 Å². The first kappa shape index (κ1) is 27.2. The number of nitrogens with zero attached hydrogens (tertiary/aromatic N) is 3. The summed E-state index contributed by atoms with van der Waals surface area (Å²) in [6.45, 7) is 7.16. The van der Waals surface area contributed by atoms with Crippen LogP contribution in [-0.2, 0) is 23.1 Å². The van der Waals surface area contributed by atoms with Crippen LogP contribution in [-0.4, -0.2) is 65.9 Å². The number of benzene rings is 2. The molecule has 0 saturated heterocycles. The van der Waals surface area contributed by atoms with Gasteiger partial charge in [-0.25, -0.2) is 4.68 Å². The standard InChI is InChI=1S/C27H36ClN3O4/c1-20(2)18-34-19-22(32)16-31(14-15-33-4)17-23-26(21-10-6-5-7-11-21)29-30(3)27(23)35-25-13-9-8-12-24(25)28/h5-13,20,22,32H,14-19H2,1-4H3. The molecule has 1 aromatic heterocycles. The maximum Gasteiger partial charge on any atom is 0.222 e. The number of methoxy groups -OCH3 is 1. The molecule has 0 aliphatic carbocycles. The van der Waals surface area contributed by atoms with Crippen molar-refractivity contribution in [2.24, 2.45) is 13.0 Å². The van der Waals surface area contributed by atoms with Crippen molar-refractivity contribution in [2.75, 3.05) is 40.0 Å². The first-order valence-corrected chi connectivity index (χ1v) is 12.3. The molecular formula is C27H36ClN3O4. The minimum atomic E-state index is -0.629. The van der Waals surface area contributed by atoms with Crippen LogP contribution < -0.4 is 4.74 Å². The summed E-state index contributed by atoms with van der Waals surface area (Å²) in [5, 5.41) is 16.0. The Bertz CT molecular complexity index is 1040. The van der Waals surface area contributed by atoms with Crippen LogP contribution in [0.1, 0.15) is 19.4 Å². The van der Waals surface area contributed by atoms with Crippen molar-refractivity contribution in [1.29, 1.82) is 0 Å². The number of ether oxygens (including phenoxy) is 3. The van der Waals surface area contributed by atoms with Crippen LogP contribution in [0.2, 0.25) is 5.02 Å². The first-order valence-electron chi connectivity index (χ1n) is 11.9. The summed E-state index contributed by atoms with van der Waals surface area (Å²) in [4.78, 5) is 2.13. The number of hydrogen-bond acceptors (Lipinski definition) is 6. The molecule has 0 aliphatic rings. The second-order valence-electron chi connectivity index (χ2n) is 8.97. The molecule has 0 aliphatic heterocycles. The molecule has 7 nitrogen and oxygen atoms in total. The predicted octanol–water partition coefficient (Wildman–Crippen LogP) is 5.01. The maximum atomic E-state index is 10.7. The van der Waals surface area contributed by atoms with Crippen LogP contribution >= 0.6 is 11.6 Å². The Labute approximate surface area is 213 Å². The van der Waals surface area contributed by atoms with Crippen molar-refractivity contribution in [3.05, 3.63) is 65.2 Å². The smallest absolute Gasteiger partial charge is 0.222 e. The topological polar surface area (TPSA) is 69.0 Å². The molecule has 0 fully saturated rings. The highest BCUT2D eigenvalue weighted by Gasteiger charge is 2.24. The van der Waals surface area contributed by atoms with Crippen LogP contribution in [0.25, 0.3) is 11.3 Å². The average molecular weight is 502 g/mol. The number of rotatable bonds is 14. The van der Waals surface area contributed by atoms with Gasteiger partial charge in [-0.05, 0) is 18.1 Å². The third-order valence-corrected chi connectivity index (χ3v) is 5.71. The molecule has 1 atom stereocenters. The van der Waals surface area contributed by atoms with Gasteiger partial charge in [-0.15, -0.1) is 0 Å². The molecule has 3 rings (SSSR count). The summed E-state index contributed by atoms with van der Waals surface area (Å²) >= 11 is 6.39. The van der Waals surface area contributed by atoms with Gasteiger partial charge in [-0.2, -0.15) is 5.10 Å². The zero-order chi connectivity index (χ0) is 25.2. The minimum absolute atomic E-state index is 0.281. The van der Waals surface area contributed by atoms with Crippen molar-refractivity contribution in [1.82, 2.24) is 14.7 Å². The molecule has 1 unspecified atom stereocenters. The lowest BCUT2D eigenvalue weighted by Crippen LogP contribution is -2.37. The van der Waals surface area contributed by atoms with Crippen LogP contribution in [0.4, 0.5) is 0 Å². The van der Waals surface area contributed by atoms with E-state index >= 15 is 0 Å². The van der Waals surface area contributed by atoms with E-state index in [4.69, 9.17) is 30.9 Å². The molecule has 0 bridgehead atoms. The fraction of sp³-hybridized carbons (Fsp3) is 0.444. The summed E-state index contributed by atoms with van der Waals surface area (Å²) in [6, 6.07) is 17.4. The highest BCUT2D eigenvalue weighted by atomic mass is 35.5. The number of aryl methyl sites for hydroxylation is 1. The fourth-order valence-corrected chi connectivity index (χ4v) is 3.93. The molecule has 190 valence electrons. The van der Waals surface area contributed by atoms with Crippen molar-refractivity contribution in [3.63, 3.8) is 0 Å². The number of aromatic nitrogens is 2. The van der Waals surface area contributed by atoms with Crippen LogP contribution in [0.5, 0.6) is 11.6 Å². The van der Waals surface area contributed by atoms with Gasteiger partial charge in [0.2, 0.25) is 5.88 Å². The lowest BCUT2D eigenvalue weighted by Gasteiger charge is -2.25. The molecule has 2 aromatic carbocycles. The van der Waals surface area contributed by atoms with E-state index in [1.807, 2.05) is 55.6 Å². The molecule has 0 saturated carbocycles. The summed E-state index contributed by atoms with van der Waals surface area (Å²) < 4.78 is 19.0. The van der Waals surface area contributed by atoms with E-state index in [-0.39, 0.29) is 6.61 Å². The quantitative estimate of drug-likeness (QED) is 0.334. The minimum Gasteiger partial charge on any atom is -0.437 e. The van der Waals surface area contributed by atoms with Gasteiger partial charge in [0.1, 0.15) is 11.4 Å². The Morgan fingerprint density at radius 3 is 2.46 bits per heavy atom. The largest absolute Gasteiger partial charge is 0.437 e. The second-order valence-corrected chi connectivity index (χ2v) is 9.37. The van der Waals surface area contributed by atoms with Gasteiger partial charge in [0, 0.05) is 46.0 Å². The van der Waals surface area contributed by atoms with Crippen LogP contribution in [0, 0.1) is 5.92 Å². The van der Waals surface area contributed by atoms with E-state index < -0.39 is 6.10 Å². The average Bonchev–Trinajstić information content (AvgIpc) is 3.14. The van der Waals surface area contributed by atoms with Gasteiger partial charge in [-0.3, -0.25) is 4.90 Å². The lowest BCUT2D eigenvalue weighted by molar-refractivity contribution is 0.00329. The number of para-hydroxylation sites is 1. The van der Waals surface area contributed by atoms with Gasteiger partial charge in [0.25, 0.3) is 0 Å². The molecule has 8 heteroatoms. The molecule has 1 N–H and O–H groups in total. The summed E-state index contributed by atoms with van der Waals surface area (Å²) in [5.74, 6) is 1.58. The molecule has 1 heterocycles. The zero-order valence-electron chi connectivity index (χ0n) is 21.0. The van der Waals surface area contributed by atoms with Crippen molar-refractivity contribution in [3.8, 4) is 22.9 Å². The van der Waals surface area contributed by atoms with E-state index in [0.29, 0.717) is 55.4 Å². The van der Waals surface area contributed by atoms with Gasteiger partial charge < -0.3 is 19.3 Å². The van der Waals surface area contributed by atoms with Crippen molar-refractivity contribution in [2.45, 2.75) is 26.5 Å². The SMILES string of the molecule is COCCN(Cc1c(-c2ccccc2)nn(C)c1Oc1ccccc1Cl)CC(O)COCC(C)C. The van der Waals surface area contributed by atoms with E-state index in [9.17, 15) is 5.11 Å². The van der Waals surface area contributed by atoms with Crippen molar-refractivity contribution >= 4 is 11.6 Å². The predicted molar refractivity (Wildman–Crippen MR) is 139 cm³/mol. The van der Waals surface area contributed by atoms with E-state index in [1.165, 1.54) is 0 Å². The fourth-order valence-electron chi connectivity index (χ4n) is 3.75. The molecular weight excluding hydrogens is 466 g/mol. The Balaban J connectivity index is 1.91. The van der Waals surface area contributed by atoms with E-state index in [1.54, 1.807) is 17.9 Å². The summed E-state index contributed by atoms with van der Waals surface area (Å²) in [7, 11) is 3.53. The van der Waals surface area contributed by atoms with Gasteiger partial charge in [0.15, 0.2) is 0 Å². The molecule has 0 radical (unpaired) electrons. The lowest BCUT2D eigenvalue weighted by atomic mass is 10.1. The Morgan fingerprint density at radius 2 is 1.77 bits per heavy atom. The third kappa shape index (κ3) is 8.05. The first-order chi connectivity index (χ1) is 16.9. The molecule has 35 heavy (non-hydrogen) atoms. The zero-order valence-corrected chi connectivity index (χ0v) is 21.7. The number of aliphatic hydroxyl groups excluding tert-OH is 1. The summed E-state index contributed by atoms with van der Waals surface area (Å²) in [6.07, 6.45) is -0.629. The highest BCUT2D eigenvalue weighted by molar-refractivity contribution is 6.32. The third-order valence-electron chi connectivity index (χ3n) is 5.40. The monoisotopic (exact) mass is 501 g/mol. The number of halogens is 1. The Kier molecular flexibility index (Phi) is 10.6. The van der Waals surface area contributed by atoms with Crippen LogP contribution in [0.3, 0.4) is 0 Å². The molecule has 3 aromatic rings. The van der Waals surface area contributed by atoms with Gasteiger partial charge >= 0.3 is 0 Å². The van der Waals surface area contributed by atoms with Crippen molar-refractivity contribution < 1.29 is 19.3 Å². The van der Waals surface area contributed by atoms with E-state index in [0.717, 1.165) is 16.8 Å².